The summed E-state index contributed by atoms with van der Waals surface area (Å²) in [6, 6.07) is 0. The van der Waals surface area contributed by atoms with Crippen molar-refractivity contribution in [2.24, 2.45) is 0 Å². The van der Waals surface area contributed by atoms with E-state index >= 15 is 0 Å². The lowest BCUT2D eigenvalue weighted by Crippen LogP contribution is -2.01. The molecule has 0 aromatic carbocycles. The van der Waals surface area contributed by atoms with Crippen LogP contribution in [-0.2, 0) is 0 Å². The van der Waals surface area contributed by atoms with Gasteiger partial charge in [-0.15, -0.1) is 6.42 Å². The minimum Gasteiger partial charge on any atom is -0.460 e. The Balaban J connectivity index is 3.04. The summed E-state index contributed by atoms with van der Waals surface area (Å²) in [4.78, 5) is 16.7. The maximum atomic E-state index is 10.4. The van der Waals surface area contributed by atoms with Crippen LogP contribution in [-0.4, -0.2) is 21.5 Å². The molecule has 0 atom stereocenters. The fraction of sp³-hybridized carbons (Fsp3) is 0.143. The molecule has 0 radical (unpaired) electrons. The van der Waals surface area contributed by atoms with Crippen LogP contribution in [0.3, 0.4) is 0 Å². The van der Waals surface area contributed by atoms with Gasteiger partial charge in [-0.25, -0.2) is 4.98 Å². The van der Waals surface area contributed by atoms with E-state index in [1.807, 2.05) is 0 Å². The molecule has 1 rings (SSSR count). The monoisotopic (exact) mass is 213 g/mol. The third kappa shape index (κ3) is 2.31. The average molecular weight is 214 g/mol. The molecule has 0 unspecified atom stereocenters. The van der Waals surface area contributed by atoms with Crippen molar-refractivity contribution in [3.05, 3.63) is 21.6 Å². The Morgan fingerprint density at radius 2 is 2.50 bits per heavy atom. The molecular weight excluding hydrogens is 210 g/mol. The van der Waals surface area contributed by atoms with E-state index < -0.39 is 4.92 Å². The molecule has 0 aliphatic rings. The van der Waals surface area contributed by atoms with Crippen molar-refractivity contribution in [1.82, 2.24) is 9.97 Å². The zero-order valence-electron chi connectivity index (χ0n) is 6.81. The second-order valence-corrected chi connectivity index (χ2v) is 2.42. The standard InChI is InChI=1S/C7H4ClN3O3/c1-2-3-14-6-5(11(12)13)4-9-7(8)10-6/h1,4H,3H2. The number of hydrogen-bond donors (Lipinski definition) is 0. The first-order valence-electron chi connectivity index (χ1n) is 3.38. The largest absolute Gasteiger partial charge is 0.460 e. The maximum absolute atomic E-state index is 10.4. The van der Waals surface area contributed by atoms with E-state index in [-0.39, 0.29) is 23.5 Å². The highest BCUT2D eigenvalue weighted by molar-refractivity contribution is 6.28. The Bertz CT molecular complexity index is 402. The lowest BCUT2D eigenvalue weighted by atomic mass is 10.5. The number of nitrogens with zero attached hydrogens (tertiary/aromatic N) is 3. The lowest BCUT2D eigenvalue weighted by Gasteiger charge is -2.00. The van der Waals surface area contributed by atoms with E-state index in [4.69, 9.17) is 22.8 Å². The van der Waals surface area contributed by atoms with Gasteiger partial charge < -0.3 is 4.74 Å². The molecule has 0 saturated carbocycles. The summed E-state index contributed by atoms with van der Waals surface area (Å²) in [7, 11) is 0. The van der Waals surface area contributed by atoms with Crippen molar-refractivity contribution in [2.45, 2.75) is 0 Å². The second-order valence-electron chi connectivity index (χ2n) is 2.08. The fourth-order valence-corrected chi connectivity index (χ4v) is 0.807. The third-order valence-corrected chi connectivity index (χ3v) is 1.38. The number of nitro groups is 1. The summed E-state index contributed by atoms with van der Waals surface area (Å²) in [5.74, 6) is 1.92. The number of terminal acetylenes is 1. The molecule has 1 aromatic rings. The van der Waals surface area contributed by atoms with Gasteiger partial charge in [0.05, 0.1) is 4.92 Å². The molecule has 1 heterocycles. The quantitative estimate of drug-likeness (QED) is 0.325. The van der Waals surface area contributed by atoms with E-state index in [0.717, 1.165) is 6.20 Å². The molecule has 0 aliphatic heterocycles. The van der Waals surface area contributed by atoms with E-state index in [1.54, 1.807) is 0 Å². The van der Waals surface area contributed by atoms with Crippen LogP contribution < -0.4 is 4.74 Å². The highest BCUT2D eigenvalue weighted by atomic mass is 35.5. The summed E-state index contributed by atoms with van der Waals surface area (Å²) >= 11 is 5.42. The molecule has 7 heteroatoms. The Morgan fingerprint density at radius 1 is 1.79 bits per heavy atom. The van der Waals surface area contributed by atoms with Crippen molar-refractivity contribution in [1.29, 1.82) is 0 Å². The Hall–Kier alpha value is -1.87. The number of halogens is 1. The Morgan fingerprint density at radius 3 is 3.07 bits per heavy atom. The molecule has 0 saturated heterocycles. The first kappa shape index (κ1) is 10.2. The van der Waals surface area contributed by atoms with E-state index in [2.05, 4.69) is 15.9 Å². The van der Waals surface area contributed by atoms with Crippen LogP contribution in [0, 0.1) is 22.5 Å². The fourth-order valence-electron chi connectivity index (χ4n) is 0.681. The molecule has 1 aromatic heterocycles. The van der Waals surface area contributed by atoms with Crippen LogP contribution in [0.25, 0.3) is 0 Å². The first-order chi connectivity index (χ1) is 6.65. The zero-order chi connectivity index (χ0) is 10.6. The molecule has 0 N–H and O–H groups in total. The molecule has 72 valence electrons. The van der Waals surface area contributed by atoms with Gasteiger partial charge in [0.25, 0.3) is 5.88 Å². The molecule has 0 aliphatic carbocycles. The summed E-state index contributed by atoms with van der Waals surface area (Å²) in [5, 5.41) is 10.3. The summed E-state index contributed by atoms with van der Waals surface area (Å²) in [5.41, 5.74) is -0.371. The highest BCUT2D eigenvalue weighted by Gasteiger charge is 2.17. The Labute approximate surface area is 84.0 Å². The van der Waals surface area contributed by atoms with Gasteiger partial charge in [0.1, 0.15) is 6.20 Å². The predicted molar refractivity (Wildman–Crippen MR) is 48.0 cm³/mol. The predicted octanol–water partition coefficient (Wildman–Crippen LogP) is 1.05. The van der Waals surface area contributed by atoms with Gasteiger partial charge in [-0.05, 0) is 11.6 Å². The van der Waals surface area contributed by atoms with Gasteiger partial charge in [0.2, 0.25) is 5.28 Å². The minimum atomic E-state index is -0.678. The van der Waals surface area contributed by atoms with Gasteiger partial charge in [-0.2, -0.15) is 4.98 Å². The molecule has 0 bridgehead atoms. The van der Waals surface area contributed by atoms with Crippen molar-refractivity contribution in [3.63, 3.8) is 0 Å². The van der Waals surface area contributed by atoms with Crippen molar-refractivity contribution in [3.8, 4) is 18.2 Å². The van der Waals surface area contributed by atoms with Crippen molar-refractivity contribution < 1.29 is 9.66 Å². The number of aromatic nitrogens is 2. The van der Waals surface area contributed by atoms with Gasteiger partial charge in [0.15, 0.2) is 6.61 Å². The molecular formula is C7H4ClN3O3. The van der Waals surface area contributed by atoms with Crippen LogP contribution >= 0.6 is 11.6 Å². The molecule has 0 amide bonds. The summed E-state index contributed by atoms with van der Waals surface area (Å²) in [6.45, 7) is -0.117. The molecule has 14 heavy (non-hydrogen) atoms. The first-order valence-corrected chi connectivity index (χ1v) is 3.76. The summed E-state index contributed by atoms with van der Waals surface area (Å²) in [6.07, 6.45) is 5.88. The third-order valence-electron chi connectivity index (χ3n) is 1.20. The van der Waals surface area contributed by atoms with E-state index in [0.29, 0.717) is 0 Å². The van der Waals surface area contributed by atoms with Crippen LogP contribution in [0.4, 0.5) is 5.69 Å². The van der Waals surface area contributed by atoms with E-state index in [1.165, 1.54) is 0 Å². The van der Waals surface area contributed by atoms with Gasteiger partial charge >= 0.3 is 5.69 Å². The molecule has 0 spiro atoms. The minimum absolute atomic E-state index is 0.117. The number of ether oxygens (including phenoxy) is 1. The lowest BCUT2D eigenvalue weighted by molar-refractivity contribution is -0.386. The van der Waals surface area contributed by atoms with Crippen molar-refractivity contribution >= 4 is 17.3 Å². The van der Waals surface area contributed by atoms with Crippen LogP contribution in [0.15, 0.2) is 6.20 Å². The topological polar surface area (TPSA) is 78.2 Å². The number of hydrogen-bond acceptors (Lipinski definition) is 5. The average Bonchev–Trinajstić information content (AvgIpc) is 2.14. The van der Waals surface area contributed by atoms with Crippen LogP contribution in [0.5, 0.6) is 5.88 Å². The normalized spacial score (nSPS) is 9.14. The number of rotatable bonds is 3. The van der Waals surface area contributed by atoms with Gasteiger partial charge in [-0.3, -0.25) is 10.1 Å². The SMILES string of the molecule is C#CCOc1nc(Cl)ncc1[N+](=O)[O-]. The van der Waals surface area contributed by atoms with Crippen LogP contribution in [0.1, 0.15) is 0 Å². The maximum Gasteiger partial charge on any atom is 0.349 e. The summed E-state index contributed by atoms with van der Waals surface area (Å²) < 4.78 is 4.82. The van der Waals surface area contributed by atoms with E-state index in [9.17, 15) is 10.1 Å². The van der Waals surface area contributed by atoms with Crippen LogP contribution in [0.2, 0.25) is 5.28 Å². The highest BCUT2D eigenvalue weighted by Crippen LogP contribution is 2.23. The second kappa shape index (κ2) is 4.39. The molecule has 0 fully saturated rings. The van der Waals surface area contributed by atoms with Gasteiger partial charge in [0, 0.05) is 0 Å². The van der Waals surface area contributed by atoms with Crippen molar-refractivity contribution in [2.75, 3.05) is 6.61 Å². The van der Waals surface area contributed by atoms with Gasteiger partial charge in [-0.1, -0.05) is 5.92 Å². The Kier molecular flexibility index (Phi) is 3.20. The molecule has 6 nitrogen and oxygen atoms in total. The zero-order valence-corrected chi connectivity index (χ0v) is 7.56. The smallest absolute Gasteiger partial charge is 0.349 e.